The van der Waals surface area contributed by atoms with E-state index in [1.165, 1.54) is 0 Å². The van der Waals surface area contributed by atoms with E-state index < -0.39 is 0 Å². The maximum Gasteiger partial charge on any atom is 0.227 e. The molecule has 0 radical (unpaired) electrons. The highest BCUT2D eigenvalue weighted by Gasteiger charge is 2.14. The van der Waals surface area contributed by atoms with Crippen molar-refractivity contribution in [3.63, 3.8) is 0 Å². The van der Waals surface area contributed by atoms with Gasteiger partial charge in [-0.15, -0.1) is 0 Å². The van der Waals surface area contributed by atoms with Crippen LogP contribution in [-0.4, -0.2) is 28.4 Å². The summed E-state index contributed by atoms with van der Waals surface area (Å²) in [4.78, 5) is 9.92. The highest BCUT2D eigenvalue weighted by Crippen LogP contribution is 2.35. The average molecular weight is 727 g/mol. The zero-order chi connectivity index (χ0) is 37.7. The van der Waals surface area contributed by atoms with Gasteiger partial charge >= 0.3 is 0 Å². The van der Waals surface area contributed by atoms with Crippen LogP contribution < -0.4 is 30.1 Å². The molecule has 0 saturated heterocycles. The van der Waals surface area contributed by atoms with E-state index in [0.717, 1.165) is 61.9 Å². The number of fused-ring (bicyclic) bond motifs is 2. The topological polar surface area (TPSA) is 87.9 Å². The Bertz CT molecular complexity index is 2560. The molecule has 0 unspecified atom stereocenters. The molecule has 0 aliphatic rings. The second-order valence-corrected chi connectivity index (χ2v) is 12.9. The van der Waals surface area contributed by atoms with Crippen molar-refractivity contribution in [1.29, 1.82) is 0 Å². The minimum absolute atomic E-state index is 0.493. The molecule has 0 atom stereocenters. The smallest absolute Gasteiger partial charge is 0.227 e. The molecule has 8 aromatic rings. The SMILES string of the molecule is COc1cc(OC)c2cc(-c3ccccc3)c(=Nc3ccc(Cc4ccc(N=c5oc6cc(OC)cc(OC)c6cc5-c5ccccc5)cc4)cc3)oc2c1. The van der Waals surface area contributed by atoms with E-state index in [4.69, 9.17) is 37.8 Å². The Kier molecular flexibility index (Phi) is 9.86. The molecule has 0 N–H and O–H groups in total. The first kappa shape index (κ1) is 35.0. The number of ether oxygens (including phenoxy) is 4. The average Bonchev–Trinajstić information content (AvgIpc) is 3.24. The van der Waals surface area contributed by atoms with Crippen LogP contribution in [0.4, 0.5) is 11.4 Å². The quantitative estimate of drug-likeness (QED) is 0.139. The van der Waals surface area contributed by atoms with Crippen molar-refractivity contribution in [2.45, 2.75) is 6.42 Å². The Morgan fingerprint density at radius 1 is 0.436 bits per heavy atom. The summed E-state index contributed by atoms with van der Waals surface area (Å²) >= 11 is 0. The number of methoxy groups -OCH3 is 4. The van der Waals surface area contributed by atoms with Crippen LogP contribution in [0.2, 0.25) is 0 Å². The van der Waals surface area contributed by atoms with Gasteiger partial charge < -0.3 is 27.8 Å². The maximum absolute atomic E-state index is 6.44. The molecule has 55 heavy (non-hydrogen) atoms. The van der Waals surface area contributed by atoms with Crippen molar-refractivity contribution in [2.24, 2.45) is 9.98 Å². The fourth-order valence-electron chi connectivity index (χ4n) is 6.57. The van der Waals surface area contributed by atoms with Crippen molar-refractivity contribution in [3.05, 3.63) is 168 Å². The summed E-state index contributed by atoms with van der Waals surface area (Å²) < 4.78 is 35.2. The molecule has 0 aliphatic heterocycles. The summed E-state index contributed by atoms with van der Waals surface area (Å²) in [6, 6.07) is 48.1. The van der Waals surface area contributed by atoms with Crippen LogP contribution in [0.15, 0.2) is 164 Å². The van der Waals surface area contributed by atoms with Crippen LogP contribution in [0.5, 0.6) is 23.0 Å². The van der Waals surface area contributed by atoms with Crippen LogP contribution in [0, 0.1) is 0 Å². The van der Waals surface area contributed by atoms with Crippen molar-refractivity contribution >= 4 is 33.3 Å². The molecule has 272 valence electrons. The van der Waals surface area contributed by atoms with Crippen molar-refractivity contribution in [1.82, 2.24) is 0 Å². The van der Waals surface area contributed by atoms with Gasteiger partial charge in [-0.2, -0.15) is 0 Å². The molecular formula is C47H38N2O6. The molecule has 0 saturated carbocycles. The van der Waals surface area contributed by atoms with Gasteiger partial charge in [-0.1, -0.05) is 84.9 Å². The molecule has 0 aliphatic carbocycles. The zero-order valence-corrected chi connectivity index (χ0v) is 30.9. The largest absolute Gasteiger partial charge is 0.496 e. The Hall–Kier alpha value is -7.06. The lowest BCUT2D eigenvalue weighted by Gasteiger charge is -2.11. The van der Waals surface area contributed by atoms with E-state index in [-0.39, 0.29) is 0 Å². The van der Waals surface area contributed by atoms with Gasteiger partial charge in [0.1, 0.15) is 34.2 Å². The van der Waals surface area contributed by atoms with Crippen LogP contribution in [0.3, 0.4) is 0 Å². The summed E-state index contributed by atoms with van der Waals surface area (Å²) in [5.74, 6) is 2.60. The van der Waals surface area contributed by atoms with Gasteiger partial charge in [0, 0.05) is 35.4 Å². The van der Waals surface area contributed by atoms with E-state index in [2.05, 4.69) is 36.4 Å². The summed E-state index contributed by atoms with van der Waals surface area (Å²) in [7, 11) is 6.52. The van der Waals surface area contributed by atoms with Gasteiger partial charge in [0.2, 0.25) is 11.1 Å². The van der Waals surface area contributed by atoms with Gasteiger partial charge in [-0.3, -0.25) is 0 Å². The van der Waals surface area contributed by atoms with Crippen LogP contribution in [0.1, 0.15) is 11.1 Å². The van der Waals surface area contributed by atoms with E-state index in [1.54, 1.807) is 28.4 Å². The molecule has 0 fully saturated rings. The van der Waals surface area contributed by atoms with Crippen molar-refractivity contribution in [3.8, 4) is 45.3 Å². The molecule has 8 rings (SSSR count). The van der Waals surface area contributed by atoms with Gasteiger partial charge in [-0.25, -0.2) is 9.98 Å². The normalized spacial score (nSPS) is 11.9. The molecular weight excluding hydrogens is 689 g/mol. The van der Waals surface area contributed by atoms with Gasteiger partial charge in [0.25, 0.3) is 0 Å². The molecule has 0 amide bonds. The second-order valence-electron chi connectivity index (χ2n) is 12.9. The van der Waals surface area contributed by atoms with Crippen molar-refractivity contribution in [2.75, 3.05) is 28.4 Å². The minimum Gasteiger partial charge on any atom is -0.496 e. The van der Waals surface area contributed by atoms with Gasteiger partial charge in [0.15, 0.2) is 0 Å². The maximum atomic E-state index is 6.44. The standard InChI is InChI=1S/C47H38N2O6/c1-50-36-24-42(52-3)40-28-38(32-11-7-5-8-12-32)46(54-44(40)26-36)48-34-19-15-30(16-20-34)23-31-17-21-35(22-18-31)49-47-39(33-13-9-6-10-14-33)29-41-43(53-4)25-37(51-2)27-45(41)55-47/h5-22,24-29H,23H2,1-4H3. The van der Waals surface area contributed by atoms with Gasteiger partial charge in [0.05, 0.1) is 50.6 Å². The van der Waals surface area contributed by atoms with Crippen LogP contribution in [0.25, 0.3) is 44.2 Å². The predicted molar refractivity (Wildman–Crippen MR) is 216 cm³/mol. The van der Waals surface area contributed by atoms with Gasteiger partial charge in [-0.05, 0) is 65.1 Å². The monoisotopic (exact) mass is 726 g/mol. The third kappa shape index (κ3) is 7.43. The van der Waals surface area contributed by atoms with Crippen molar-refractivity contribution < 1.29 is 27.8 Å². The third-order valence-corrected chi connectivity index (χ3v) is 9.43. The lowest BCUT2D eigenvalue weighted by atomic mass is 10.0. The number of hydrogen-bond acceptors (Lipinski definition) is 8. The molecule has 6 aromatic carbocycles. The Morgan fingerprint density at radius 2 is 0.836 bits per heavy atom. The molecule has 8 heteroatoms. The van der Waals surface area contributed by atoms with E-state index in [9.17, 15) is 0 Å². The molecule has 0 bridgehead atoms. The first-order valence-electron chi connectivity index (χ1n) is 17.8. The Morgan fingerprint density at radius 3 is 1.20 bits per heavy atom. The summed E-state index contributed by atoms with van der Waals surface area (Å²) in [6.07, 6.45) is 0.741. The summed E-state index contributed by atoms with van der Waals surface area (Å²) in [5, 5.41) is 1.67. The Balaban J connectivity index is 1.09. The van der Waals surface area contributed by atoms with E-state index in [0.29, 0.717) is 45.3 Å². The molecule has 2 aromatic heterocycles. The third-order valence-electron chi connectivity index (χ3n) is 9.43. The number of hydrogen-bond donors (Lipinski definition) is 0. The summed E-state index contributed by atoms with van der Waals surface area (Å²) in [5.41, 5.74) is 9.77. The number of benzene rings is 6. The lowest BCUT2D eigenvalue weighted by molar-refractivity contribution is 0.395. The second kappa shape index (κ2) is 15.5. The fourth-order valence-corrected chi connectivity index (χ4v) is 6.57. The zero-order valence-electron chi connectivity index (χ0n) is 30.9. The molecule has 8 nitrogen and oxygen atoms in total. The highest BCUT2D eigenvalue weighted by atomic mass is 16.5. The van der Waals surface area contributed by atoms with E-state index >= 15 is 0 Å². The summed E-state index contributed by atoms with van der Waals surface area (Å²) in [6.45, 7) is 0. The predicted octanol–water partition coefficient (Wildman–Crippen LogP) is 10.6. The number of rotatable bonds is 10. The first-order chi connectivity index (χ1) is 27.0. The van der Waals surface area contributed by atoms with Crippen LogP contribution >= 0.6 is 0 Å². The highest BCUT2D eigenvalue weighted by molar-refractivity contribution is 5.89. The lowest BCUT2D eigenvalue weighted by Crippen LogP contribution is -2.06. The molecule has 2 heterocycles. The fraction of sp³-hybridized carbons (Fsp3) is 0.106. The number of nitrogens with zero attached hydrogens (tertiary/aromatic N) is 2. The van der Waals surface area contributed by atoms with E-state index in [1.807, 2.05) is 109 Å². The molecule has 0 spiro atoms. The first-order valence-corrected chi connectivity index (χ1v) is 17.8. The minimum atomic E-state index is 0.493. The van der Waals surface area contributed by atoms with Crippen LogP contribution in [-0.2, 0) is 6.42 Å². The Labute approximate surface area is 318 Å².